The number of carbonyl (C=O) groups is 1. The summed E-state index contributed by atoms with van der Waals surface area (Å²) in [6.45, 7) is 0. The molecule has 0 aromatic rings. The molecule has 0 aromatic heterocycles. The Hall–Kier alpha value is -1.52. The van der Waals surface area contributed by atoms with Crippen LogP contribution in [0.2, 0.25) is 0 Å². The number of halogens is 13. The Labute approximate surface area is 115 Å². The number of alkyl halides is 9. The Balaban J connectivity index is 6.43. The number of hydrogen-bond acceptors (Lipinski definition) is 3. The minimum atomic E-state index is -8.01. The van der Waals surface area contributed by atoms with Crippen LogP contribution in [0.15, 0.2) is 0 Å². The van der Waals surface area contributed by atoms with Crippen molar-refractivity contribution in [3.05, 3.63) is 0 Å². The molecule has 0 saturated carbocycles. The molecule has 0 aliphatic heterocycles. The molecule has 0 bridgehead atoms. The highest BCUT2D eigenvalue weighted by atomic mass is 19.4. The Morgan fingerprint density at radius 2 is 1.00 bits per heavy atom. The van der Waals surface area contributed by atoms with E-state index in [0.717, 1.165) is 0 Å². The van der Waals surface area contributed by atoms with Gasteiger partial charge in [-0.15, -0.1) is 0 Å². The Kier molecular flexibility index (Phi) is 5.17. The molecule has 23 heavy (non-hydrogen) atoms. The number of aliphatic carboxylic acids is 1. The third-order valence-corrected chi connectivity index (χ3v) is 2.31. The van der Waals surface area contributed by atoms with Crippen molar-refractivity contribution in [1.82, 2.24) is 10.7 Å². The lowest BCUT2D eigenvalue weighted by atomic mass is 9.94. The highest BCUT2D eigenvalue weighted by Crippen LogP contribution is 2.58. The van der Waals surface area contributed by atoms with Crippen molar-refractivity contribution < 1.29 is 67.3 Å². The van der Waals surface area contributed by atoms with Crippen molar-refractivity contribution in [2.45, 2.75) is 29.6 Å². The predicted molar refractivity (Wildman–Crippen MR) is 39.4 cm³/mol. The molecular formula is C6HF13N2O2. The molecule has 138 valence electrons. The summed E-state index contributed by atoms with van der Waals surface area (Å²) >= 11 is 0. The predicted octanol–water partition coefficient (Wildman–Crippen LogP) is 3.38. The molecule has 0 saturated heterocycles. The second-order valence-corrected chi connectivity index (χ2v) is 3.66. The second-order valence-electron chi connectivity index (χ2n) is 3.66. The smallest absolute Gasteiger partial charge is 0.426 e. The van der Waals surface area contributed by atoms with E-state index in [9.17, 15) is 62.2 Å². The maximum Gasteiger partial charge on any atom is 0.426 e. The van der Waals surface area contributed by atoms with E-state index in [2.05, 4.69) is 0 Å². The van der Waals surface area contributed by atoms with Crippen LogP contribution >= 0.6 is 0 Å². The van der Waals surface area contributed by atoms with E-state index >= 15 is 0 Å². The molecule has 0 spiro atoms. The summed E-state index contributed by atoms with van der Waals surface area (Å²) in [6.07, 6.45) is 0. The maximum atomic E-state index is 13.0. The van der Waals surface area contributed by atoms with Crippen LogP contribution in [0.25, 0.3) is 0 Å². The van der Waals surface area contributed by atoms with Crippen molar-refractivity contribution >= 4 is 5.97 Å². The van der Waals surface area contributed by atoms with Crippen molar-refractivity contribution in [3.8, 4) is 0 Å². The number of hydrogen-bond donors (Lipinski definition) is 1. The standard InChI is InChI=1S/C6HF13N2O2/c7-2(1(22)23,20(16)17)3(8,9)4(10,11)5(12,13)6(14,15)21(18)19/h(H,22,23)/t2-/m1/s1. The van der Waals surface area contributed by atoms with Gasteiger partial charge in [0.15, 0.2) is 0 Å². The van der Waals surface area contributed by atoms with Crippen LogP contribution < -0.4 is 0 Å². The highest BCUT2D eigenvalue weighted by Gasteiger charge is 2.90. The fourth-order valence-corrected chi connectivity index (χ4v) is 1.01. The van der Waals surface area contributed by atoms with Gasteiger partial charge in [0, 0.05) is 0 Å². The molecule has 0 aromatic carbocycles. The van der Waals surface area contributed by atoms with Gasteiger partial charge in [0.25, 0.3) is 0 Å². The largest absolute Gasteiger partial charge is 0.478 e. The molecule has 0 rings (SSSR count). The normalized spacial score (nSPS) is 17.5. The average molecular weight is 380 g/mol. The van der Waals surface area contributed by atoms with Crippen LogP contribution in [-0.4, -0.2) is 51.4 Å². The maximum absolute atomic E-state index is 13.0. The minimum absolute atomic E-state index is 3.82. The lowest BCUT2D eigenvalue weighted by Gasteiger charge is -2.39. The molecular weight excluding hydrogens is 379 g/mol. The van der Waals surface area contributed by atoms with Crippen molar-refractivity contribution in [2.75, 3.05) is 0 Å². The molecule has 0 amide bonds. The number of carboxylic acid groups (broad SMARTS) is 1. The molecule has 4 nitrogen and oxygen atoms in total. The molecule has 1 atom stereocenters. The fourth-order valence-electron chi connectivity index (χ4n) is 1.01. The molecule has 17 heteroatoms. The summed E-state index contributed by atoms with van der Waals surface area (Å²) in [5.41, 5.74) is 0. The van der Waals surface area contributed by atoms with Crippen molar-refractivity contribution in [1.29, 1.82) is 0 Å². The monoisotopic (exact) mass is 380 g/mol. The van der Waals surface area contributed by atoms with Crippen molar-refractivity contribution in [2.24, 2.45) is 0 Å². The SMILES string of the molecule is O=C(O)[C@@](F)(N(F)F)C(F)(F)C(F)(F)C(F)(F)C(F)(F)N(F)F. The Morgan fingerprint density at radius 1 is 0.652 bits per heavy atom. The first-order chi connectivity index (χ1) is 9.83. The van der Waals surface area contributed by atoms with Gasteiger partial charge in [0.2, 0.25) is 0 Å². The van der Waals surface area contributed by atoms with Gasteiger partial charge < -0.3 is 5.11 Å². The van der Waals surface area contributed by atoms with E-state index in [1.165, 1.54) is 0 Å². The van der Waals surface area contributed by atoms with Gasteiger partial charge in [-0.3, -0.25) is 0 Å². The van der Waals surface area contributed by atoms with Gasteiger partial charge in [-0.25, -0.2) is 9.18 Å². The third kappa shape index (κ3) is 2.54. The van der Waals surface area contributed by atoms with Crippen LogP contribution in [0, 0.1) is 0 Å². The van der Waals surface area contributed by atoms with E-state index in [-0.39, 0.29) is 0 Å². The van der Waals surface area contributed by atoms with E-state index < -0.39 is 46.3 Å². The Bertz CT molecular complexity index is 465. The summed E-state index contributed by atoms with van der Waals surface area (Å²) in [6, 6.07) is -7.41. The summed E-state index contributed by atoms with van der Waals surface area (Å²) in [4.78, 5) is 9.97. The molecule has 0 heterocycles. The van der Waals surface area contributed by atoms with E-state index in [1.807, 2.05) is 0 Å². The minimum Gasteiger partial charge on any atom is -0.478 e. The van der Waals surface area contributed by atoms with Crippen LogP contribution in [0.1, 0.15) is 0 Å². The zero-order valence-electron chi connectivity index (χ0n) is 9.66. The molecule has 0 unspecified atom stereocenters. The summed E-state index contributed by atoms with van der Waals surface area (Å²) in [5.74, 6) is -34.8. The van der Waals surface area contributed by atoms with Crippen LogP contribution in [0.3, 0.4) is 0 Å². The van der Waals surface area contributed by atoms with Crippen LogP contribution in [0.5, 0.6) is 0 Å². The quantitative estimate of drug-likeness (QED) is 0.418. The zero-order chi connectivity index (χ0) is 19.2. The summed E-state index contributed by atoms with van der Waals surface area (Å²) in [5, 5.41) is -0.0126. The molecule has 0 radical (unpaired) electrons. The molecule has 1 N–H and O–H groups in total. The first-order valence-electron chi connectivity index (χ1n) is 4.50. The van der Waals surface area contributed by atoms with Crippen LogP contribution in [-0.2, 0) is 4.79 Å². The second kappa shape index (κ2) is 5.53. The molecule has 0 aliphatic rings. The first-order valence-corrected chi connectivity index (χ1v) is 4.50. The van der Waals surface area contributed by atoms with E-state index in [0.29, 0.717) is 0 Å². The lowest BCUT2D eigenvalue weighted by molar-refractivity contribution is -0.470. The van der Waals surface area contributed by atoms with Crippen LogP contribution in [0.4, 0.5) is 57.4 Å². The fraction of sp³-hybridized carbons (Fsp3) is 0.833. The number of carboxylic acids is 1. The third-order valence-electron chi connectivity index (χ3n) is 2.31. The van der Waals surface area contributed by atoms with E-state index in [4.69, 9.17) is 5.11 Å². The van der Waals surface area contributed by atoms with Crippen molar-refractivity contribution in [3.63, 3.8) is 0 Å². The first kappa shape index (κ1) is 21.5. The average Bonchev–Trinajstić information content (AvgIpc) is 2.35. The number of nitrogens with zero attached hydrogens (tertiary/aromatic N) is 2. The van der Waals surface area contributed by atoms with Gasteiger partial charge in [-0.1, -0.05) is 17.9 Å². The van der Waals surface area contributed by atoms with Gasteiger partial charge >= 0.3 is 35.6 Å². The van der Waals surface area contributed by atoms with Gasteiger partial charge in [0.05, 0.1) is 10.7 Å². The number of rotatable bonds is 7. The van der Waals surface area contributed by atoms with Gasteiger partial charge in [-0.05, 0) is 0 Å². The highest BCUT2D eigenvalue weighted by molar-refractivity contribution is 5.78. The Morgan fingerprint density at radius 3 is 1.22 bits per heavy atom. The topological polar surface area (TPSA) is 43.8 Å². The molecule has 0 aliphatic carbocycles. The van der Waals surface area contributed by atoms with Gasteiger partial charge in [0.1, 0.15) is 0 Å². The zero-order valence-corrected chi connectivity index (χ0v) is 9.66. The van der Waals surface area contributed by atoms with Gasteiger partial charge in [-0.2, -0.15) is 35.1 Å². The lowest BCUT2D eigenvalue weighted by Crippen LogP contribution is -2.73. The summed E-state index contributed by atoms with van der Waals surface area (Å²) in [7, 11) is 0. The summed E-state index contributed by atoms with van der Waals surface area (Å²) < 4.78 is 161. The molecule has 0 fully saturated rings. The van der Waals surface area contributed by atoms with E-state index in [1.54, 1.807) is 0 Å².